The average molecular weight is 655 g/mol. The Bertz CT molecular complexity index is 1970. The van der Waals surface area contributed by atoms with Crippen molar-refractivity contribution < 1.29 is 34.4 Å². The van der Waals surface area contributed by atoms with Crippen molar-refractivity contribution >= 4 is 59.6 Å². The highest BCUT2D eigenvalue weighted by atomic mass is 16.5. The molecule has 2 fully saturated rings. The molecule has 0 bridgehead atoms. The summed E-state index contributed by atoms with van der Waals surface area (Å²) in [5.74, 6) is -1.91. The first-order chi connectivity index (χ1) is 23.6. The van der Waals surface area contributed by atoms with Gasteiger partial charge in [0.15, 0.2) is 0 Å². The molecule has 248 valence electrons. The standard InChI is InChI=1S/C39H39B2NO7/c1-23(2)31-21-32-37(39(45)42(38(32)44)28-12-8-11-27(20-28)41(47)48)33-22-40(46)49-35(36(31)33)18-16-25(24-9-4-3-5-10-24)19-26-15-17-34(43)30-14-7-6-13-29(26)30/h3-15,17,19-20,23,32-33,35,37,43,46-48H,16,18,21-22H2,1-2H3/b25-19-/t32-,33+,35-,37-/m1/s1. The minimum absolute atomic E-state index is 0.0945. The number of carbonyl (C=O) groups excluding carboxylic acids is 2. The van der Waals surface area contributed by atoms with E-state index in [1.807, 2.05) is 48.5 Å². The van der Waals surface area contributed by atoms with Gasteiger partial charge in [-0.15, -0.1) is 0 Å². The maximum absolute atomic E-state index is 14.2. The van der Waals surface area contributed by atoms with Gasteiger partial charge < -0.3 is 24.8 Å². The van der Waals surface area contributed by atoms with Gasteiger partial charge in [-0.05, 0) is 88.7 Å². The van der Waals surface area contributed by atoms with Crippen molar-refractivity contribution in [2.75, 3.05) is 4.90 Å². The van der Waals surface area contributed by atoms with Gasteiger partial charge in [-0.25, -0.2) is 0 Å². The van der Waals surface area contributed by atoms with Gasteiger partial charge >= 0.3 is 14.2 Å². The summed E-state index contributed by atoms with van der Waals surface area (Å²) in [6, 6.07) is 27.7. The first-order valence-electron chi connectivity index (χ1n) is 17.0. The minimum Gasteiger partial charge on any atom is -0.507 e. The number of imide groups is 1. The fraction of sp³-hybridized carbons (Fsp3) is 0.282. The molecule has 1 aliphatic carbocycles. The van der Waals surface area contributed by atoms with E-state index < -0.39 is 32.2 Å². The van der Waals surface area contributed by atoms with Gasteiger partial charge in [-0.2, -0.15) is 0 Å². The number of carbonyl (C=O) groups is 2. The van der Waals surface area contributed by atoms with Crippen molar-refractivity contribution in [1.82, 2.24) is 0 Å². The molecule has 4 aromatic carbocycles. The first-order valence-corrected chi connectivity index (χ1v) is 17.0. The van der Waals surface area contributed by atoms with Crippen LogP contribution in [-0.2, 0) is 14.2 Å². The first kappa shape index (κ1) is 33.0. The van der Waals surface area contributed by atoms with Crippen molar-refractivity contribution in [3.8, 4) is 5.75 Å². The van der Waals surface area contributed by atoms with Gasteiger partial charge in [0.25, 0.3) is 0 Å². The number of benzene rings is 4. The summed E-state index contributed by atoms with van der Waals surface area (Å²) in [6.45, 7) is 4.19. The number of hydrogen-bond donors (Lipinski definition) is 4. The maximum Gasteiger partial charge on any atom is 0.488 e. The molecule has 0 unspecified atom stereocenters. The Morgan fingerprint density at radius 2 is 1.67 bits per heavy atom. The molecular weight excluding hydrogens is 616 g/mol. The van der Waals surface area contributed by atoms with Crippen molar-refractivity contribution in [3.63, 3.8) is 0 Å². The monoisotopic (exact) mass is 655 g/mol. The molecule has 0 saturated carbocycles. The normalized spacial score (nSPS) is 22.6. The van der Waals surface area contributed by atoms with Crippen LogP contribution in [0.4, 0.5) is 5.69 Å². The molecular formula is C39H39B2NO7. The third-order valence-corrected chi connectivity index (χ3v) is 10.5. The van der Waals surface area contributed by atoms with E-state index >= 15 is 0 Å². The number of allylic oxidation sites excluding steroid dienone is 2. The fourth-order valence-electron chi connectivity index (χ4n) is 8.19. The number of fused-ring (bicyclic) bond motifs is 4. The Kier molecular flexibility index (Phi) is 9.07. The average Bonchev–Trinajstić information content (AvgIpc) is 3.36. The van der Waals surface area contributed by atoms with Gasteiger partial charge in [0.2, 0.25) is 11.8 Å². The lowest BCUT2D eigenvalue weighted by Crippen LogP contribution is -2.46. The van der Waals surface area contributed by atoms with Crippen LogP contribution in [-0.4, -0.2) is 52.3 Å². The summed E-state index contributed by atoms with van der Waals surface area (Å²) in [5.41, 5.74) is 5.72. The zero-order valence-corrected chi connectivity index (χ0v) is 27.6. The number of phenolic OH excluding ortho intramolecular Hbond substituents is 1. The number of rotatable bonds is 8. The van der Waals surface area contributed by atoms with E-state index in [1.165, 1.54) is 17.0 Å². The molecule has 7 rings (SSSR count). The van der Waals surface area contributed by atoms with Gasteiger partial charge in [0, 0.05) is 5.39 Å². The second-order valence-corrected chi connectivity index (χ2v) is 13.7. The summed E-state index contributed by atoms with van der Waals surface area (Å²) >= 11 is 0. The maximum atomic E-state index is 14.2. The minimum atomic E-state index is -1.73. The van der Waals surface area contributed by atoms with Gasteiger partial charge in [-0.3, -0.25) is 14.5 Å². The van der Waals surface area contributed by atoms with E-state index in [9.17, 15) is 29.8 Å². The Morgan fingerprint density at radius 1 is 0.939 bits per heavy atom. The highest BCUT2D eigenvalue weighted by Gasteiger charge is 2.57. The van der Waals surface area contributed by atoms with Gasteiger partial charge in [-0.1, -0.05) is 98.3 Å². The van der Waals surface area contributed by atoms with Crippen molar-refractivity contribution in [3.05, 3.63) is 113 Å². The third kappa shape index (κ3) is 6.15. The summed E-state index contributed by atoms with van der Waals surface area (Å²) in [5, 5.41) is 42.8. The Labute approximate surface area is 286 Å². The molecule has 2 heterocycles. The molecule has 2 aliphatic heterocycles. The predicted molar refractivity (Wildman–Crippen MR) is 193 cm³/mol. The number of anilines is 1. The largest absolute Gasteiger partial charge is 0.507 e. The molecule has 4 aromatic rings. The van der Waals surface area contributed by atoms with Crippen molar-refractivity contribution in [2.45, 2.75) is 45.5 Å². The summed E-state index contributed by atoms with van der Waals surface area (Å²) in [4.78, 5) is 29.3. The molecule has 0 aromatic heterocycles. The van der Waals surface area contributed by atoms with Crippen molar-refractivity contribution in [2.24, 2.45) is 23.7 Å². The van der Waals surface area contributed by atoms with Crippen LogP contribution in [0.5, 0.6) is 5.75 Å². The molecule has 0 radical (unpaired) electrons. The molecule has 2 saturated heterocycles. The van der Waals surface area contributed by atoms with E-state index in [0.29, 0.717) is 24.9 Å². The van der Waals surface area contributed by atoms with Crippen LogP contribution in [0.1, 0.15) is 44.2 Å². The molecule has 0 spiro atoms. The molecule has 4 atom stereocenters. The molecule has 3 aliphatic rings. The van der Waals surface area contributed by atoms with E-state index in [1.54, 1.807) is 18.2 Å². The van der Waals surface area contributed by atoms with Gasteiger partial charge in [0.1, 0.15) is 5.75 Å². The third-order valence-electron chi connectivity index (χ3n) is 10.5. The number of hydrogen-bond acceptors (Lipinski definition) is 7. The lowest BCUT2D eigenvalue weighted by atomic mass is 9.57. The van der Waals surface area contributed by atoms with Crippen LogP contribution in [0.2, 0.25) is 6.32 Å². The van der Waals surface area contributed by atoms with Crippen LogP contribution >= 0.6 is 0 Å². The van der Waals surface area contributed by atoms with E-state index in [4.69, 9.17) is 4.65 Å². The number of amides is 2. The van der Waals surface area contributed by atoms with E-state index in [2.05, 4.69) is 32.1 Å². The summed E-state index contributed by atoms with van der Waals surface area (Å²) in [7, 11) is -2.83. The summed E-state index contributed by atoms with van der Waals surface area (Å²) in [6.07, 6.45) is 3.50. The Morgan fingerprint density at radius 3 is 2.41 bits per heavy atom. The molecule has 10 heteroatoms. The zero-order valence-electron chi connectivity index (χ0n) is 27.6. The lowest BCUT2D eigenvalue weighted by Gasteiger charge is -2.44. The molecule has 2 amide bonds. The highest BCUT2D eigenvalue weighted by Crippen LogP contribution is 2.52. The van der Waals surface area contributed by atoms with Crippen LogP contribution in [0.25, 0.3) is 22.4 Å². The SMILES string of the molecule is CC(C)C1=C2[C@@H](CC/C(=C/c3ccc(O)c4ccccc34)c3ccccc3)OB(O)C[C@@H]2[C@@H]2C(=O)N(c3cccc(B(O)O)c3)C(=O)[C@@H]2C1. The quantitative estimate of drug-likeness (QED) is 0.0890. The second-order valence-electron chi connectivity index (χ2n) is 13.7. The number of phenols is 1. The van der Waals surface area contributed by atoms with Gasteiger partial charge in [0.05, 0.1) is 23.6 Å². The Hall–Kier alpha value is -4.47. The molecule has 4 N–H and O–H groups in total. The van der Waals surface area contributed by atoms with E-state index in [-0.39, 0.29) is 41.2 Å². The van der Waals surface area contributed by atoms with Crippen molar-refractivity contribution in [1.29, 1.82) is 0 Å². The predicted octanol–water partition coefficient (Wildman–Crippen LogP) is 5.20. The van der Waals surface area contributed by atoms with Crippen LogP contribution in [0.15, 0.2) is 102 Å². The van der Waals surface area contributed by atoms with Crippen LogP contribution in [0, 0.1) is 23.7 Å². The number of aromatic hydroxyl groups is 1. The van der Waals surface area contributed by atoms with Crippen LogP contribution < -0.4 is 10.4 Å². The topological polar surface area (TPSA) is 128 Å². The Balaban J connectivity index is 1.24. The van der Waals surface area contributed by atoms with E-state index in [0.717, 1.165) is 38.6 Å². The highest BCUT2D eigenvalue weighted by molar-refractivity contribution is 6.58. The second kappa shape index (κ2) is 13.4. The number of nitrogens with zero attached hydrogens (tertiary/aromatic N) is 1. The lowest BCUT2D eigenvalue weighted by molar-refractivity contribution is -0.122. The van der Waals surface area contributed by atoms with Crippen LogP contribution in [0.3, 0.4) is 0 Å². The zero-order chi connectivity index (χ0) is 34.4. The molecule has 8 nitrogen and oxygen atoms in total. The molecule has 49 heavy (non-hydrogen) atoms. The smallest absolute Gasteiger partial charge is 0.488 e. The summed E-state index contributed by atoms with van der Waals surface area (Å²) < 4.78 is 6.29. The fourth-order valence-corrected chi connectivity index (χ4v) is 8.19.